The van der Waals surface area contributed by atoms with Crippen molar-refractivity contribution >= 4 is 11.9 Å². The van der Waals surface area contributed by atoms with Crippen molar-refractivity contribution in [2.45, 2.75) is 126 Å². The topological polar surface area (TPSA) is 63.6 Å². The van der Waals surface area contributed by atoms with Gasteiger partial charge in [-0.3, -0.25) is 9.59 Å². The average Bonchev–Trinajstić information content (AvgIpc) is 2.76. The molecule has 5 aliphatic carbocycles. The fraction of sp³-hybridized carbons (Fsp3) is 0.875. The number of aliphatic hydroxyl groups is 1. The lowest BCUT2D eigenvalue weighted by Crippen LogP contribution is -2.65. The number of allylic oxidation sites excluding steroid dienone is 2. The van der Waals surface area contributed by atoms with Gasteiger partial charge in [-0.25, -0.2) is 0 Å². The number of hydrogen-bond donors (Lipinski definition) is 1. The highest BCUT2D eigenvalue weighted by molar-refractivity contribution is 5.88. The van der Waals surface area contributed by atoms with Crippen molar-refractivity contribution in [2.24, 2.45) is 50.2 Å². The van der Waals surface area contributed by atoms with E-state index in [0.29, 0.717) is 11.8 Å². The summed E-state index contributed by atoms with van der Waals surface area (Å²) in [6.07, 6.45) is 12.4. The van der Waals surface area contributed by atoms with Crippen LogP contribution in [-0.4, -0.2) is 23.1 Å². The third-order valence-corrected chi connectivity index (χ3v) is 13.3. The molecule has 0 unspecified atom stereocenters. The summed E-state index contributed by atoms with van der Waals surface area (Å²) < 4.78 is 5.35. The molecule has 0 aliphatic heterocycles. The van der Waals surface area contributed by atoms with Crippen molar-refractivity contribution < 1.29 is 19.4 Å². The maximum atomic E-state index is 13.6. The van der Waals surface area contributed by atoms with Gasteiger partial charge in [0, 0.05) is 6.92 Å². The van der Waals surface area contributed by atoms with Crippen LogP contribution in [0.4, 0.5) is 0 Å². The second-order valence-electron chi connectivity index (χ2n) is 15.6. The van der Waals surface area contributed by atoms with Crippen LogP contribution < -0.4 is 0 Å². The van der Waals surface area contributed by atoms with E-state index in [1.165, 1.54) is 25.3 Å². The maximum Gasteiger partial charge on any atom is 0.320 e. The molecule has 4 heteroatoms. The third-order valence-electron chi connectivity index (χ3n) is 13.3. The fourth-order valence-electron chi connectivity index (χ4n) is 10.8. The van der Waals surface area contributed by atoms with Crippen molar-refractivity contribution in [1.82, 2.24) is 0 Å². The summed E-state index contributed by atoms with van der Waals surface area (Å²) in [6, 6.07) is 0. The summed E-state index contributed by atoms with van der Waals surface area (Å²) in [5, 5.41) is 10.9. The van der Waals surface area contributed by atoms with Crippen LogP contribution in [0.15, 0.2) is 11.6 Å². The Labute approximate surface area is 219 Å². The molecule has 36 heavy (non-hydrogen) atoms. The van der Waals surface area contributed by atoms with Crippen molar-refractivity contribution in [3.05, 3.63) is 11.6 Å². The summed E-state index contributed by atoms with van der Waals surface area (Å²) >= 11 is 0. The number of carbonyl (C=O) groups is 2. The summed E-state index contributed by atoms with van der Waals surface area (Å²) in [7, 11) is 0. The minimum Gasteiger partial charge on any atom is -0.393 e. The van der Waals surface area contributed by atoms with E-state index in [-0.39, 0.29) is 45.1 Å². The predicted octanol–water partition coefficient (Wildman–Crippen LogP) is 7.24. The Hall–Kier alpha value is -1.16. The standard InChI is InChI=1S/C32H50O4/c1-20(33)36-26(35)32-17-15-27(2,3)19-22(32)21-9-10-24-29(6)13-12-25(34)28(4,5)23(29)11-14-31(24,8)30(21,7)16-18-32/h9,22-25,34H,10-19H2,1-8H3/t22-,23-,24+,25-,29-,30+,31+,32-/m0/s1. The largest absolute Gasteiger partial charge is 0.393 e. The van der Waals surface area contributed by atoms with E-state index in [1.807, 2.05) is 0 Å². The molecular weight excluding hydrogens is 448 g/mol. The van der Waals surface area contributed by atoms with Gasteiger partial charge in [0.1, 0.15) is 0 Å². The molecule has 0 aromatic heterocycles. The molecule has 4 saturated carbocycles. The van der Waals surface area contributed by atoms with Gasteiger partial charge in [0.2, 0.25) is 0 Å². The number of ether oxygens (including phenoxy) is 1. The number of esters is 2. The Bertz CT molecular complexity index is 992. The molecule has 0 saturated heterocycles. The first-order valence-electron chi connectivity index (χ1n) is 14.7. The van der Waals surface area contributed by atoms with Crippen LogP contribution in [-0.2, 0) is 14.3 Å². The molecular formula is C32H50O4. The monoisotopic (exact) mass is 498 g/mol. The van der Waals surface area contributed by atoms with Gasteiger partial charge >= 0.3 is 11.9 Å². The molecule has 0 aromatic carbocycles. The Morgan fingerprint density at radius 2 is 1.56 bits per heavy atom. The zero-order valence-electron chi connectivity index (χ0n) is 24.1. The molecule has 202 valence electrons. The molecule has 0 spiro atoms. The Morgan fingerprint density at radius 3 is 2.22 bits per heavy atom. The molecule has 0 amide bonds. The molecule has 0 heterocycles. The van der Waals surface area contributed by atoms with E-state index in [9.17, 15) is 14.7 Å². The second-order valence-corrected chi connectivity index (χ2v) is 15.6. The molecule has 0 aromatic rings. The average molecular weight is 499 g/mol. The smallest absolute Gasteiger partial charge is 0.320 e. The van der Waals surface area contributed by atoms with Crippen LogP contribution in [0.2, 0.25) is 0 Å². The van der Waals surface area contributed by atoms with Gasteiger partial charge < -0.3 is 9.84 Å². The van der Waals surface area contributed by atoms with Gasteiger partial charge in [0.05, 0.1) is 11.5 Å². The van der Waals surface area contributed by atoms with Gasteiger partial charge in [-0.15, -0.1) is 0 Å². The molecule has 5 aliphatic rings. The summed E-state index contributed by atoms with van der Waals surface area (Å²) in [6.45, 7) is 18.3. The van der Waals surface area contributed by atoms with Crippen LogP contribution in [0.25, 0.3) is 0 Å². The molecule has 5 rings (SSSR count). The van der Waals surface area contributed by atoms with E-state index in [0.717, 1.165) is 51.4 Å². The lowest BCUT2D eigenvalue weighted by Gasteiger charge is -2.71. The number of fused-ring (bicyclic) bond motifs is 7. The van der Waals surface area contributed by atoms with E-state index in [2.05, 4.69) is 54.5 Å². The van der Waals surface area contributed by atoms with Gasteiger partial charge in [-0.05, 0) is 109 Å². The zero-order valence-corrected chi connectivity index (χ0v) is 24.1. The molecule has 0 bridgehead atoms. The van der Waals surface area contributed by atoms with E-state index in [1.54, 1.807) is 0 Å². The normalized spacial score (nSPS) is 48.9. The first-order valence-corrected chi connectivity index (χ1v) is 14.7. The number of aliphatic hydroxyl groups excluding tert-OH is 1. The van der Waals surface area contributed by atoms with Crippen LogP contribution in [0.3, 0.4) is 0 Å². The molecule has 4 fully saturated rings. The van der Waals surface area contributed by atoms with Gasteiger partial charge in [0.15, 0.2) is 0 Å². The second kappa shape index (κ2) is 7.93. The van der Waals surface area contributed by atoms with Crippen molar-refractivity contribution in [1.29, 1.82) is 0 Å². The summed E-state index contributed by atoms with van der Waals surface area (Å²) in [5.74, 6) is 0.512. The van der Waals surface area contributed by atoms with Gasteiger partial charge in [0.25, 0.3) is 0 Å². The fourth-order valence-corrected chi connectivity index (χ4v) is 10.8. The Morgan fingerprint density at radius 1 is 0.889 bits per heavy atom. The third kappa shape index (κ3) is 3.34. The molecule has 4 nitrogen and oxygen atoms in total. The lowest BCUT2D eigenvalue weighted by molar-refractivity contribution is -0.206. The summed E-state index contributed by atoms with van der Waals surface area (Å²) in [5.41, 5.74) is 1.49. The number of hydrogen-bond acceptors (Lipinski definition) is 4. The van der Waals surface area contributed by atoms with Crippen LogP contribution >= 0.6 is 0 Å². The summed E-state index contributed by atoms with van der Waals surface area (Å²) in [4.78, 5) is 25.4. The SMILES string of the molecule is CC(=O)OC(=O)[C@]12CCC(C)(C)C[C@H]1C1=CC[C@@H]3[C@@]4(C)CC[C@H](O)C(C)(C)[C@@H]4CC[C@@]3(C)[C@]1(C)CC2. The van der Waals surface area contributed by atoms with Gasteiger partial charge in [-0.2, -0.15) is 0 Å². The van der Waals surface area contributed by atoms with E-state index < -0.39 is 11.4 Å². The number of carbonyl (C=O) groups excluding carboxylic acids is 2. The van der Waals surface area contributed by atoms with Crippen molar-refractivity contribution in [3.8, 4) is 0 Å². The minimum absolute atomic E-state index is 0.0438. The van der Waals surface area contributed by atoms with Crippen LogP contribution in [0.1, 0.15) is 120 Å². The van der Waals surface area contributed by atoms with E-state index >= 15 is 0 Å². The zero-order chi connectivity index (χ0) is 26.5. The molecule has 8 atom stereocenters. The highest BCUT2D eigenvalue weighted by atomic mass is 16.6. The molecule has 0 radical (unpaired) electrons. The maximum absolute atomic E-state index is 13.6. The van der Waals surface area contributed by atoms with Crippen molar-refractivity contribution in [2.75, 3.05) is 0 Å². The van der Waals surface area contributed by atoms with Gasteiger partial charge in [-0.1, -0.05) is 60.1 Å². The van der Waals surface area contributed by atoms with Crippen LogP contribution in [0, 0.1) is 50.2 Å². The quantitative estimate of drug-likeness (QED) is 0.235. The Kier molecular flexibility index (Phi) is 5.83. The lowest BCUT2D eigenvalue weighted by atomic mass is 9.33. The predicted molar refractivity (Wildman–Crippen MR) is 142 cm³/mol. The Balaban J connectivity index is 1.59. The minimum atomic E-state index is -0.562. The first-order chi connectivity index (χ1) is 16.5. The first kappa shape index (κ1) is 26.4. The number of rotatable bonds is 1. The van der Waals surface area contributed by atoms with E-state index in [4.69, 9.17) is 4.74 Å². The highest BCUT2D eigenvalue weighted by Gasteiger charge is 2.69. The van der Waals surface area contributed by atoms with Crippen molar-refractivity contribution in [3.63, 3.8) is 0 Å². The molecule has 1 N–H and O–H groups in total. The highest BCUT2D eigenvalue weighted by Crippen LogP contribution is 2.75. The van der Waals surface area contributed by atoms with Crippen LogP contribution in [0.5, 0.6) is 0 Å².